The Morgan fingerprint density at radius 3 is 2.72 bits per heavy atom. The van der Waals surface area contributed by atoms with Crippen LogP contribution in [0.15, 0.2) is 41.7 Å². The molecule has 0 bridgehead atoms. The lowest BCUT2D eigenvalue weighted by atomic mass is 10.0. The van der Waals surface area contributed by atoms with Crippen molar-refractivity contribution in [2.24, 2.45) is 12.0 Å². The standard InChI is InChI=1S/C18H25N5O.HI/c1-19-18(20-10-14-4-6-17(24-3)7-5-14)23-9-8-15(13-23)16-11-21-22(2)12-16;/h4-7,11-12,15H,8-10,13H2,1-3H3,(H,19,20);1H. The van der Waals surface area contributed by atoms with Gasteiger partial charge in [0.15, 0.2) is 5.96 Å². The Morgan fingerprint density at radius 2 is 2.12 bits per heavy atom. The van der Waals surface area contributed by atoms with E-state index in [0.717, 1.165) is 37.8 Å². The van der Waals surface area contributed by atoms with E-state index in [1.807, 2.05) is 37.1 Å². The summed E-state index contributed by atoms with van der Waals surface area (Å²) in [7, 11) is 5.49. The van der Waals surface area contributed by atoms with Crippen LogP contribution in [0.4, 0.5) is 0 Å². The summed E-state index contributed by atoms with van der Waals surface area (Å²) in [6, 6.07) is 8.10. The molecule has 1 aromatic heterocycles. The molecule has 1 aromatic carbocycles. The number of benzene rings is 1. The van der Waals surface area contributed by atoms with E-state index >= 15 is 0 Å². The summed E-state index contributed by atoms with van der Waals surface area (Å²) >= 11 is 0. The topological polar surface area (TPSA) is 54.7 Å². The summed E-state index contributed by atoms with van der Waals surface area (Å²) in [5.41, 5.74) is 2.52. The van der Waals surface area contributed by atoms with E-state index in [0.29, 0.717) is 5.92 Å². The number of nitrogens with zero attached hydrogens (tertiary/aromatic N) is 4. The number of guanidine groups is 1. The lowest BCUT2D eigenvalue weighted by Crippen LogP contribution is -2.39. The summed E-state index contributed by atoms with van der Waals surface area (Å²) in [6.07, 6.45) is 5.22. The highest BCUT2D eigenvalue weighted by Gasteiger charge is 2.26. The number of likely N-dealkylation sites (tertiary alicyclic amines) is 1. The lowest BCUT2D eigenvalue weighted by Gasteiger charge is -2.21. The van der Waals surface area contributed by atoms with E-state index < -0.39 is 0 Å². The molecule has 1 unspecified atom stereocenters. The maximum absolute atomic E-state index is 5.19. The Labute approximate surface area is 166 Å². The van der Waals surface area contributed by atoms with Crippen LogP contribution < -0.4 is 10.1 Å². The first-order valence-electron chi connectivity index (χ1n) is 8.26. The van der Waals surface area contributed by atoms with Gasteiger partial charge in [-0.15, -0.1) is 24.0 Å². The zero-order valence-corrected chi connectivity index (χ0v) is 17.3. The number of rotatable bonds is 4. The molecule has 1 aliphatic heterocycles. The first-order valence-corrected chi connectivity index (χ1v) is 8.26. The monoisotopic (exact) mass is 455 g/mol. The van der Waals surface area contributed by atoms with Gasteiger partial charge in [-0.25, -0.2) is 0 Å². The predicted octanol–water partition coefficient (Wildman–Crippen LogP) is 2.61. The molecule has 1 aliphatic rings. The number of aryl methyl sites for hydroxylation is 1. The molecule has 1 atom stereocenters. The number of methoxy groups -OCH3 is 1. The fourth-order valence-electron chi connectivity index (χ4n) is 3.13. The highest BCUT2D eigenvalue weighted by molar-refractivity contribution is 14.0. The van der Waals surface area contributed by atoms with Gasteiger partial charge in [-0.2, -0.15) is 5.10 Å². The molecule has 0 saturated carbocycles. The average Bonchev–Trinajstić information content (AvgIpc) is 3.25. The molecule has 1 N–H and O–H groups in total. The minimum atomic E-state index is 0. The van der Waals surface area contributed by atoms with Gasteiger partial charge in [0.25, 0.3) is 0 Å². The number of halogens is 1. The molecule has 2 heterocycles. The summed E-state index contributed by atoms with van der Waals surface area (Å²) in [5.74, 6) is 2.36. The molecular formula is C18H26IN5O. The molecule has 0 aliphatic carbocycles. The third-order valence-corrected chi connectivity index (χ3v) is 4.51. The highest BCUT2D eigenvalue weighted by atomic mass is 127. The van der Waals surface area contributed by atoms with Crippen molar-refractivity contribution in [3.05, 3.63) is 47.8 Å². The molecule has 3 rings (SSSR count). The number of hydrogen-bond acceptors (Lipinski definition) is 3. The van der Waals surface area contributed by atoms with Gasteiger partial charge < -0.3 is 15.0 Å². The Hall–Kier alpha value is -1.77. The first-order chi connectivity index (χ1) is 11.7. The van der Waals surface area contributed by atoms with Crippen LogP contribution in [0, 0.1) is 0 Å². The van der Waals surface area contributed by atoms with Crippen molar-refractivity contribution in [3.8, 4) is 5.75 Å². The van der Waals surface area contributed by atoms with Crippen LogP contribution in [0.25, 0.3) is 0 Å². The van der Waals surface area contributed by atoms with Gasteiger partial charge in [0.05, 0.1) is 13.3 Å². The Balaban J connectivity index is 0.00000225. The molecule has 1 fully saturated rings. The van der Waals surface area contributed by atoms with Gasteiger partial charge in [0.1, 0.15) is 5.75 Å². The van der Waals surface area contributed by atoms with E-state index in [1.54, 1.807) is 7.11 Å². The highest BCUT2D eigenvalue weighted by Crippen LogP contribution is 2.26. The molecule has 0 spiro atoms. The average molecular weight is 455 g/mol. The number of aromatic nitrogens is 2. The molecule has 7 heteroatoms. The van der Waals surface area contributed by atoms with E-state index in [2.05, 4.69) is 38.6 Å². The summed E-state index contributed by atoms with van der Waals surface area (Å²) in [4.78, 5) is 6.76. The van der Waals surface area contributed by atoms with Crippen molar-refractivity contribution in [2.45, 2.75) is 18.9 Å². The van der Waals surface area contributed by atoms with Crippen LogP contribution in [-0.4, -0.2) is 47.9 Å². The molecule has 25 heavy (non-hydrogen) atoms. The lowest BCUT2D eigenvalue weighted by molar-refractivity contribution is 0.414. The fraction of sp³-hybridized carbons (Fsp3) is 0.444. The van der Waals surface area contributed by atoms with Crippen molar-refractivity contribution < 1.29 is 4.74 Å². The molecule has 136 valence electrons. The Morgan fingerprint density at radius 1 is 1.36 bits per heavy atom. The quantitative estimate of drug-likeness (QED) is 0.438. The molecular weight excluding hydrogens is 429 g/mol. The van der Waals surface area contributed by atoms with Crippen molar-refractivity contribution in [3.63, 3.8) is 0 Å². The van der Waals surface area contributed by atoms with Crippen LogP contribution >= 0.6 is 24.0 Å². The predicted molar refractivity (Wildman–Crippen MR) is 111 cm³/mol. The largest absolute Gasteiger partial charge is 0.497 e. The van der Waals surface area contributed by atoms with E-state index in [-0.39, 0.29) is 24.0 Å². The van der Waals surface area contributed by atoms with Gasteiger partial charge >= 0.3 is 0 Å². The van der Waals surface area contributed by atoms with Crippen LogP contribution in [0.5, 0.6) is 5.75 Å². The van der Waals surface area contributed by atoms with Gasteiger partial charge in [-0.3, -0.25) is 9.67 Å². The second-order valence-corrected chi connectivity index (χ2v) is 6.13. The molecule has 6 nitrogen and oxygen atoms in total. The van der Waals surface area contributed by atoms with E-state index in [9.17, 15) is 0 Å². The zero-order chi connectivity index (χ0) is 16.9. The number of aliphatic imine (C=N–C) groups is 1. The molecule has 2 aromatic rings. The first kappa shape index (κ1) is 19.6. The molecule has 1 saturated heterocycles. The van der Waals surface area contributed by atoms with Gasteiger partial charge in [0.2, 0.25) is 0 Å². The second kappa shape index (κ2) is 9.07. The minimum Gasteiger partial charge on any atom is -0.497 e. The van der Waals surface area contributed by atoms with E-state index in [1.165, 1.54) is 11.1 Å². The minimum absolute atomic E-state index is 0. The van der Waals surface area contributed by atoms with Crippen molar-refractivity contribution in [2.75, 3.05) is 27.2 Å². The molecule has 0 amide bonds. The zero-order valence-electron chi connectivity index (χ0n) is 15.0. The van der Waals surface area contributed by atoms with Gasteiger partial charge in [0, 0.05) is 45.8 Å². The molecule has 0 radical (unpaired) electrons. The van der Waals surface area contributed by atoms with E-state index in [4.69, 9.17) is 4.74 Å². The number of nitrogens with one attached hydrogen (secondary N) is 1. The van der Waals surface area contributed by atoms with Crippen LogP contribution in [0.2, 0.25) is 0 Å². The van der Waals surface area contributed by atoms with Gasteiger partial charge in [-0.1, -0.05) is 12.1 Å². The number of hydrogen-bond donors (Lipinski definition) is 1. The van der Waals surface area contributed by atoms with Crippen molar-refractivity contribution in [1.82, 2.24) is 20.0 Å². The Kier molecular flexibility index (Phi) is 7.10. The normalized spacial score (nSPS) is 17.3. The number of ether oxygens (including phenoxy) is 1. The summed E-state index contributed by atoms with van der Waals surface area (Å²) in [6.45, 7) is 2.75. The maximum atomic E-state index is 5.19. The summed E-state index contributed by atoms with van der Waals surface area (Å²) < 4.78 is 7.06. The maximum Gasteiger partial charge on any atom is 0.193 e. The summed E-state index contributed by atoms with van der Waals surface area (Å²) in [5, 5.41) is 7.74. The van der Waals surface area contributed by atoms with Crippen LogP contribution in [-0.2, 0) is 13.6 Å². The Bertz CT molecular complexity index is 698. The third kappa shape index (κ3) is 4.87. The smallest absolute Gasteiger partial charge is 0.193 e. The van der Waals surface area contributed by atoms with Crippen molar-refractivity contribution >= 4 is 29.9 Å². The van der Waals surface area contributed by atoms with Gasteiger partial charge in [-0.05, 0) is 29.7 Å². The fourth-order valence-corrected chi connectivity index (χ4v) is 3.13. The van der Waals surface area contributed by atoms with Crippen LogP contribution in [0.1, 0.15) is 23.5 Å². The van der Waals surface area contributed by atoms with Crippen LogP contribution in [0.3, 0.4) is 0 Å². The third-order valence-electron chi connectivity index (χ3n) is 4.51. The van der Waals surface area contributed by atoms with Crippen molar-refractivity contribution in [1.29, 1.82) is 0 Å². The SMILES string of the molecule is CN=C(NCc1ccc(OC)cc1)N1CCC(c2cnn(C)c2)C1.I. The second-order valence-electron chi connectivity index (χ2n) is 6.13.